The van der Waals surface area contributed by atoms with Crippen LogP contribution in [0.2, 0.25) is 0 Å². The largest absolute Gasteiger partial charge is 0.418 e. The van der Waals surface area contributed by atoms with Crippen LogP contribution in [0, 0.1) is 0 Å². The van der Waals surface area contributed by atoms with Crippen LogP contribution in [0.25, 0.3) is 0 Å². The third kappa shape index (κ3) is 5.36. The highest BCUT2D eigenvalue weighted by molar-refractivity contribution is 6.06. The second-order valence-electron chi connectivity index (χ2n) is 5.15. The molecule has 10 heteroatoms. The quantitative estimate of drug-likeness (QED) is 0.629. The van der Waals surface area contributed by atoms with Crippen LogP contribution < -0.4 is 10.7 Å². The molecule has 0 saturated carbocycles. The first-order chi connectivity index (χ1) is 12.3. The molecule has 7 nitrogen and oxygen atoms in total. The number of carbonyl (C=O) groups is 2. The standard InChI is InChI=1S/C16H14F3N5O2/c1-10(23-24-15(26)13-9-20-6-7-21-13)8-14(25)22-12-5-3-2-4-11(12)16(17,18)19/h2-7,9H,8H2,1H3,(H,22,25)(H,24,26)/b23-10-. The van der Waals surface area contributed by atoms with Gasteiger partial charge in [-0.25, -0.2) is 10.4 Å². The summed E-state index contributed by atoms with van der Waals surface area (Å²) in [5.74, 6) is -1.32. The Kier molecular flexibility index (Phi) is 5.99. The minimum Gasteiger partial charge on any atom is -0.325 e. The van der Waals surface area contributed by atoms with E-state index >= 15 is 0 Å². The molecule has 0 spiro atoms. The summed E-state index contributed by atoms with van der Waals surface area (Å²) in [6.45, 7) is 1.45. The molecule has 0 aliphatic carbocycles. The number of hydrogen-bond acceptors (Lipinski definition) is 5. The average molecular weight is 365 g/mol. The highest BCUT2D eigenvalue weighted by Gasteiger charge is 2.33. The van der Waals surface area contributed by atoms with Gasteiger partial charge >= 0.3 is 6.18 Å². The summed E-state index contributed by atoms with van der Waals surface area (Å²) in [6, 6.07) is 4.64. The van der Waals surface area contributed by atoms with Gasteiger partial charge in [-0.2, -0.15) is 18.3 Å². The molecule has 0 bridgehead atoms. The van der Waals surface area contributed by atoms with E-state index in [1.807, 2.05) is 0 Å². The molecule has 2 N–H and O–H groups in total. The summed E-state index contributed by atoms with van der Waals surface area (Å²) in [4.78, 5) is 31.2. The van der Waals surface area contributed by atoms with Crippen LogP contribution >= 0.6 is 0 Å². The van der Waals surface area contributed by atoms with Crippen LogP contribution in [0.15, 0.2) is 48.0 Å². The highest BCUT2D eigenvalue weighted by atomic mass is 19.4. The maximum atomic E-state index is 12.9. The first-order valence-electron chi connectivity index (χ1n) is 7.33. The number of halogens is 3. The number of anilines is 1. The number of rotatable bonds is 5. The smallest absolute Gasteiger partial charge is 0.325 e. The molecule has 2 amide bonds. The lowest BCUT2D eigenvalue weighted by Crippen LogP contribution is -2.23. The number of aromatic nitrogens is 2. The Bertz CT molecular complexity index is 822. The van der Waals surface area contributed by atoms with Crippen LogP contribution in [-0.4, -0.2) is 27.5 Å². The zero-order chi connectivity index (χ0) is 19.2. The Morgan fingerprint density at radius 2 is 1.92 bits per heavy atom. The van der Waals surface area contributed by atoms with Crippen LogP contribution in [0.4, 0.5) is 18.9 Å². The molecule has 2 rings (SSSR count). The average Bonchev–Trinajstić information content (AvgIpc) is 2.60. The van der Waals surface area contributed by atoms with Gasteiger partial charge in [0, 0.05) is 18.1 Å². The van der Waals surface area contributed by atoms with Crippen molar-refractivity contribution in [2.45, 2.75) is 19.5 Å². The van der Waals surface area contributed by atoms with Gasteiger partial charge in [-0.15, -0.1) is 0 Å². The SMILES string of the molecule is C/C(CC(=O)Nc1ccccc1C(F)(F)F)=N/NC(=O)c1cnccn1. The molecule has 26 heavy (non-hydrogen) atoms. The monoisotopic (exact) mass is 365 g/mol. The third-order valence-electron chi connectivity index (χ3n) is 3.07. The van der Waals surface area contributed by atoms with Crippen LogP contribution in [-0.2, 0) is 11.0 Å². The normalized spacial score (nSPS) is 11.8. The summed E-state index contributed by atoms with van der Waals surface area (Å²) in [5, 5.41) is 5.91. The van der Waals surface area contributed by atoms with Gasteiger partial charge in [0.05, 0.1) is 23.9 Å². The molecule has 2 aromatic rings. The number of carbonyl (C=O) groups excluding carboxylic acids is 2. The maximum absolute atomic E-state index is 12.9. The van der Waals surface area contributed by atoms with Gasteiger partial charge in [-0.1, -0.05) is 12.1 Å². The first-order valence-corrected chi connectivity index (χ1v) is 7.33. The van der Waals surface area contributed by atoms with Gasteiger partial charge in [0.15, 0.2) is 0 Å². The molecular formula is C16H14F3N5O2. The molecule has 0 fully saturated rings. The van der Waals surface area contributed by atoms with E-state index in [-0.39, 0.29) is 23.5 Å². The molecular weight excluding hydrogens is 351 g/mol. The Morgan fingerprint density at radius 1 is 1.19 bits per heavy atom. The van der Waals surface area contributed by atoms with E-state index in [0.29, 0.717) is 0 Å². The van der Waals surface area contributed by atoms with Crippen molar-refractivity contribution in [2.75, 3.05) is 5.32 Å². The number of benzene rings is 1. The molecule has 0 saturated heterocycles. The fourth-order valence-corrected chi connectivity index (χ4v) is 1.93. The van der Waals surface area contributed by atoms with E-state index in [9.17, 15) is 22.8 Å². The molecule has 0 atom stereocenters. The fraction of sp³-hybridized carbons (Fsp3) is 0.188. The third-order valence-corrected chi connectivity index (χ3v) is 3.07. The number of amides is 2. The van der Waals surface area contributed by atoms with Crippen molar-refractivity contribution in [3.05, 3.63) is 54.1 Å². The van der Waals surface area contributed by atoms with Crippen molar-refractivity contribution in [1.29, 1.82) is 0 Å². The summed E-state index contributed by atoms with van der Waals surface area (Å²) in [6.07, 6.45) is -0.920. The number of hydrazone groups is 1. The molecule has 1 aromatic heterocycles. The minimum atomic E-state index is -4.59. The van der Waals surface area contributed by atoms with E-state index in [1.165, 1.54) is 37.6 Å². The Hall–Kier alpha value is -3.30. The molecule has 0 unspecified atom stereocenters. The van der Waals surface area contributed by atoms with E-state index in [1.54, 1.807) is 0 Å². The van der Waals surface area contributed by atoms with Crippen molar-refractivity contribution < 1.29 is 22.8 Å². The zero-order valence-electron chi connectivity index (χ0n) is 13.5. The summed E-state index contributed by atoms with van der Waals surface area (Å²) < 4.78 is 38.7. The summed E-state index contributed by atoms with van der Waals surface area (Å²) >= 11 is 0. The Morgan fingerprint density at radius 3 is 2.58 bits per heavy atom. The van der Waals surface area contributed by atoms with Crippen molar-refractivity contribution in [3.63, 3.8) is 0 Å². The minimum absolute atomic E-state index is 0.0348. The fourth-order valence-electron chi connectivity index (χ4n) is 1.93. The number of hydrogen-bond donors (Lipinski definition) is 2. The van der Waals surface area contributed by atoms with Gasteiger partial charge in [0.1, 0.15) is 5.69 Å². The lowest BCUT2D eigenvalue weighted by Gasteiger charge is -2.13. The van der Waals surface area contributed by atoms with Gasteiger partial charge in [-0.05, 0) is 19.1 Å². The van der Waals surface area contributed by atoms with Gasteiger partial charge in [-0.3, -0.25) is 14.6 Å². The highest BCUT2D eigenvalue weighted by Crippen LogP contribution is 2.34. The maximum Gasteiger partial charge on any atom is 0.418 e. The molecule has 0 aliphatic rings. The van der Waals surface area contributed by atoms with Crippen LogP contribution in [0.3, 0.4) is 0 Å². The number of para-hydroxylation sites is 1. The lowest BCUT2D eigenvalue weighted by atomic mass is 10.1. The molecule has 0 radical (unpaired) electrons. The van der Waals surface area contributed by atoms with E-state index in [0.717, 1.165) is 12.1 Å². The van der Waals surface area contributed by atoms with Gasteiger partial charge < -0.3 is 5.32 Å². The van der Waals surface area contributed by atoms with Crippen LogP contribution in [0.1, 0.15) is 29.4 Å². The molecule has 1 aromatic carbocycles. The summed E-state index contributed by atoms with van der Waals surface area (Å²) in [7, 11) is 0. The van der Waals surface area contributed by atoms with E-state index in [2.05, 4.69) is 25.8 Å². The predicted molar refractivity (Wildman–Crippen MR) is 87.3 cm³/mol. The van der Waals surface area contributed by atoms with Crippen molar-refractivity contribution in [1.82, 2.24) is 15.4 Å². The van der Waals surface area contributed by atoms with Crippen molar-refractivity contribution >= 4 is 23.2 Å². The Balaban J connectivity index is 1.97. The Labute approximate surface area is 146 Å². The van der Waals surface area contributed by atoms with Crippen molar-refractivity contribution in [2.24, 2.45) is 5.10 Å². The second kappa shape index (κ2) is 8.19. The van der Waals surface area contributed by atoms with E-state index < -0.39 is 23.6 Å². The van der Waals surface area contributed by atoms with Crippen molar-refractivity contribution in [3.8, 4) is 0 Å². The zero-order valence-corrected chi connectivity index (χ0v) is 13.5. The molecule has 136 valence electrons. The second-order valence-corrected chi connectivity index (χ2v) is 5.15. The molecule has 1 heterocycles. The van der Waals surface area contributed by atoms with E-state index in [4.69, 9.17) is 0 Å². The lowest BCUT2D eigenvalue weighted by molar-refractivity contribution is -0.137. The first kappa shape index (κ1) is 19.0. The summed E-state index contributed by atoms with van der Waals surface area (Å²) in [5.41, 5.74) is 1.13. The number of nitrogens with one attached hydrogen (secondary N) is 2. The molecule has 0 aliphatic heterocycles. The topological polar surface area (TPSA) is 96.3 Å². The van der Waals surface area contributed by atoms with Gasteiger partial charge in [0.25, 0.3) is 5.91 Å². The predicted octanol–water partition coefficient (Wildman–Crippen LogP) is 2.63. The van der Waals surface area contributed by atoms with Gasteiger partial charge in [0.2, 0.25) is 5.91 Å². The van der Waals surface area contributed by atoms with Crippen LogP contribution in [0.5, 0.6) is 0 Å². The number of alkyl halides is 3. The number of nitrogens with zero attached hydrogens (tertiary/aromatic N) is 3.